The van der Waals surface area contributed by atoms with Crippen LogP contribution in [-0.4, -0.2) is 18.1 Å². The van der Waals surface area contributed by atoms with Gasteiger partial charge in [0.2, 0.25) is 0 Å². The van der Waals surface area contributed by atoms with Crippen molar-refractivity contribution >= 4 is 30.4 Å². The molecule has 1 aromatic rings. The zero-order chi connectivity index (χ0) is 9.38. The Kier molecular flexibility index (Phi) is 4.78. The van der Waals surface area contributed by atoms with Crippen molar-refractivity contribution < 1.29 is 0 Å². The SMILES string of the molecule is C1=C(c2cccnc2)C[C@H]2CNC[C@@H]12.Cl.Cl. The van der Waals surface area contributed by atoms with Gasteiger partial charge in [-0.15, -0.1) is 24.8 Å². The Morgan fingerprint density at radius 3 is 2.81 bits per heavy atom. The van der Waals surface area contributed by atoms with Gasteiger partial charge >= 0.3 is 0 Å². The second-order valence-electron chi connectivity index (χ2n) is 4.22. The van der Waals surface area contributed by atoms with Crippen molar-refractivity contribution in [2.45, 2.75) is 6.42 Å². The maximum Gasteiger partial charge on any atom is 0.0342 e. The molecule has 2 atom stereocenters. The van der Waals surface area contributed by atoms with E-state index in [1.54, 1.807) is 0 Å². The summed E-state index contributed by atoms with van der Waals surface area (Å²) in [6.45, 7) is 2.35. The fraction of sp³-hybridized carbons (Fsp3) is 0.417. The highest BCUT2D eigenvalue weighted by molar-refractivity contribution is 5.85. The molecular weight excluding hydrogens is 243 g/mol. The first-order chi connectivity index (χ1) is 6.93. The summed E-state index contributed by atoms with van der Waals surface area (Å²) in [5.41, 5.74) is 2.80. The number of rotatable bonds is 1. The van der Waals surface area contributed by atoms with E-state index in [0.717, 1.165) is 18.4 Å². The van der Waals surface area contributed by atoms with E-state index in [4.69, 9.17) is 0 Å². The molecule has 0 aromatic carbocycles. The first-order valence-electron chi connectivity index (χ1n) is 5.25. The fourth-order valence-electron chi connectivity index (χ4n) is 2.55. The molecule has 0 unspecified atom stereocenters. The summed E-state index contributed by atoms with van der Waals surface area (Å²) in [6.07, 6.45) is 7.47. The average molecular weight is 259 g/mol. The van der Waals surface area contributed by atoms with Crippen molar-refractivity contribution in [3.05, 3.63) is 36.2 Å². The van der Waals surface area contributed by atoms with Gasteiger partial charge in [-0.3, -0.25) is 4.98 Å². The predicted molar refractivity (Wildman–Crippen MR) is 71.2 cm³/mol. The van der Waals surface area contributed by atoms with Crippen LogP contribution in [-0.2, 0) is 0 Å². The summed E-state index contributed by atoms with van der Waals surface area (Å²) >= 11 is 0. The van der Waals surface area contributed by atoms with Gasteiger partial charge in [0.25, 0.3) is 0 Å². The summed E-state index contributed by atoms with van der Waals surface area (Å²) in [6, 6.07) is 4.18. The van der Waals surface area contributed by atoms with Crippen LogP contribution in [0.15, 0.2) is 30.6 Å². The van der Waals surface area contributed by atoms with Crippen molar-refractivity contribution in [3.8, 4) is 0 Å². The molecule has 0 saturated carbocycles. The first kappa shape index (κ1) is 13.5. The number of halogens is 2. The van der Waals surface area contributed by atoms with E-state index in [0.29, 0.717) is 0 Å². The molecule has 88 valence electrons. The first-order valence-corrected chi connectivity index (χ1v) is 5.25. The van der Waals surface area contributed by atoms with Crippen LogP contribution in [0, 0.1) is 11.8 Å². The monoisotopic (exact) mass is 258 g/mol. The number of hydrogen-bond donors (Lipinski definition) is 1. The molecule has 1 aliphatic heterocycles. The van der Waals surface area contributed by atoms with Crippen LogP contribution in [0.3, 0.4) is 0 Å². The second-order valence-corrected chi connectivity index (χ2v) is 4.22. The number of allylic oxidation sites excluding steroid dienone is 1. The summed E-state index contributed by atoms with van der Waals surface area (Å²) in [5, 5.41) is 3.44. The maximum atomic E-state index is 4.17. The molecule has 3 rings (SSSR count). The average Bonchev–Trinajstić information content (AvgIpc) is 2.78. The summed E-state index contributed by atoms with van der Waals surface area (Å²) in [4.78, 5) is 4.17. The number of nitrogens with zero attached hydrogens (tertiary/aromatic N) is 1. The Morgan fingerprint density at radius 1 is 1.25 bits per heavy atom. The van der Waals surface area contributed by atoms with Gasteiger partial charge in [0, 0.05) is 18.9 Å². The lowest BCUT2D eigenvalue weighted by Gasteiger charge is -2.05. The third kappa shape index (κ3) is 2.40. The van der Waals surface area contributed by atoms with Crippen molar-refractivity contribution in [1.82, 2.24) is 10.3 Å². The van der Waals surface area contributed by atoms with Crippen LogP contribution in [0.4, 0.5) is 0 Å². The predicted octanol–water partition coefficient (Wildman–Crippen LogP) is 2.55. The van der Waals surface area contributed by atoms with Gasteiger partial charge in [-0.05, 0) is 42.0 Å². The molecule has 0 amide bonds. The fourth-order valence-corrected chi connectivity index (χ4v) is 2.55. The largest absolute Gasteiger partial charge is 0.316 e. The van der Waals surface area contributed by atoms with Gasteiger partial charge < -0.3 is 5.32 Å². The minimum absolute atomic E-state index is 0. The van der Waals surface area contributed by atoms with Gasteiger partial charge in [-0.1, -0.05) is 12.1 Å². The minimum Gasteiger partial charge on any atom is -0.316 e. The summed E-state index contributed by atoms with van der Waals surface area (Å²) in [5.74, 6) is 1.61. The molecule has 2 heterocycles. The Labute approximate surface area is 108 Å². The zero-order valence-corrected chi connectivity index (χ0v) is 10.6. The third-order valence-electron chi connectivity index (χ3n) is 3.32. The Morgan fingerprint density at radius 2 is 2.12 bits per heavy atom. The molecule has 1 N–H and O–H groups in total. The van der Waals surface area contributed by atoms with Crippen LogP contribution < -0.4 is 5.32 Å². The van der Waals surface area contributed by atoms with Crippen LogP contribution in [0.5, 0.6) is 0 Å². The lowest BCUT2D eigenvalue weighted by molar-refractivity contribution is 0.536. The van der Waals surface area contributed by atoms with Gasteiger partial charge in [-0.2, -0.15) is 0 Å². The molecular formula is C12H16Cl2N2. The molecule has 4 heteroatoms. The molecule has 1 aliphatic carbocycles. The maximum absolute atomic E-state index is 4.17. The van der Waals surface area contributed by atoms with E-state index < -0.39 is 0 Å². The molecule has 0 radical (unpaired) electrons. The standard InChI is InChI=1S/C12H14N2.2ClH/c1-2-9(6-13-3-1)10-4-11-7-14-8-12(11)5-10;;/h1-4,6,11-12,14H,5,7-8H2;2*1H/t11-,12+;;/m1../s1. The highest BCUT2D eigenvalue weighted by atomic mass is 35.5. The molecule has 2 aliphatic rings. The van der Waals surface area contributed by atoms with Crippen LogP contribution >= 0.6 is 24.8 Å². The Balaban J connectivity index is 0.000000640. The second kappa shape index (κ2) is 5.67. The Bertz CT molecular complexity index is 365. The highest BCUT2D eigenvalue weighted by Gasteiger charge is 2.31. The van der Waals surface area contributed by atoms with Gasteiger partial charge in [0.15, 0.2) is 0 Å². The lowest BCUT2D eigenvalue weighted by Crippen LogP contribution is -2.09. The summed E-state index contributed by atoms with van der Waals surface area (Å²) < 4.78 is 0. The number of aromatic nitrogens is 1. The normalized spacial score (nSPS) is 26.4. The van der Waals surface area contributed by atoms with Crippen molar-refractivity contribution in [3.63, 3.8) is 0 Å². The Hall–Kier alpha value is -0.570. The number of hydrogen-bond acceptors (Lipinski definition) is 2. The molecule has 16 heavy (non-hydrogen) atoms. The van der Waals surface area contributed by atoms with Gasteiger partial charge in [0.05, 0.1) is 0 Å². The number of nitrogens with one attached hydrogen (secondary N) is 1. The van der Waals surface area contributed by atoms with Crippen molar-refractivity contribution in [2.24, 2.45) is 11.8 Å². The van der Waals surface area contributed by atoms with E-state index in [9.17, 15) is 0 Å². The third-order valence-corrected chi connectivity index (χ3v) is 3.32. The quantitative estimate of drug-likeness (QED) is 0.838. The number of fused-ring (bicyclic) bond motifs is 1. The highest BCUT2D eigenvalue weighted by Crippen LogP contribution is 2.37. The number of pyridine rings is 1. The van der Waals surface area contributed by atoms with Crippen molar-refractivity contribution in [1.29, 1.82) is 0 Å². The zero-order valence-electron chi connectivity index (χ0n) is 8.93. The lowest BCUT2D eigenvalue weighted by atomic mass is 9.99. The van der Waals surface area contributed by atoms with Crippen LogP contribution in [0.1, 0.15) is 12.0 Å². The van der Waals surface area contributed by atoms with Gasteiger partial charge in [-0.25, -0.2) is 0 Å². The topological polar surface area (TPSA) is 24.9 Å². The van der Waals surface area contributed by atoms with E-state index in [1.165, 1.54) is 24.1 Å². The van der Waals surface area contributed by atoms with Gasteiger partial charge in [0.1, 0.15) is 0 Å². The molecule has 0 spiro atoms. The van der Waals surface area contributed by atoms with E-state index in [2.05, 4.69) is 22.4 Å². The molecule has 1 aromatic heterocycles. The minimum atomic E-state index is 0. The van der Waals surface area contributed by atoms with E-state index in [-0.39, 0.29) is 24.8 Å². The molecule has 2 nitrogen and oxygen atoms in total. The smallest absolute Gasteiger partial charge is 0.0342 e. The molecule has 1 saturated heterocycles. The van der Waals surface area contributed by atoms with E-state index >= 15 is 0 Å². The summed E-state index contributed by atoms with van der Waals surface area (Å²) in [7, 11) is 0. The van der Waals surface area contributed by atoms with E-state index in [1.807, 2.05) is 18.5 Å². The molecule has 0 bridgehead atoms. The van der Waals surface area contributed by atoms with Crippen molar-refractivity contribution in [2.75, 3.05) is 13.1 Å². The van der Waals surface area contributed by atoms with Crippen LogP contribution in [0.2, 0.25) is 0 Å². The van der Waals surface area contributed by atoms with Crippen LogP contribution in [0.25, 0.3) is 5.57 Å². The molecule has 1 fully saturated rings.